The van der Waals surface area contributed by atoms with E-state index in [1.807, 2.05) is 0 Å². The highest BCUT2D eigenvalue weighted by atomic mass is 16.4. The lowest BCUT2D eigenvalue weighted by Gasteiger charge is -2.07. The van der Waals surface area contributed by atoms with Crippen molar-refractivity contribution in [2.75, 3.05) is 0 Å². The quantitative estimate of drug-likeness (QED) is 0.719. The molecule has 1 saturated carbocycles. The molecule has 0 saturated heterocycles. The van der Waals surface area contributed by atoms with Crippen molar-refractivity contribution in [3.05, 3.63) is 11.4 Å². The number of nitrogens with zero attached hydrogens (tertiary/aromatic N) is 2. The molecule has 0 bridgehead atoms. The van der Waals surface area contributed by atoms with Crippen molar-refractivity contribution in [2.45, 2.75) is 25.7 Å². The van der Waals surface area contributed by atoms with Crippen LogP contribution >= 0.6 is 0 Å². The normalized spacial score (nSPS) is 18.5. The van der Waals surface area contributed by atoms with E-state index in [1.165, 1.54) is 0 Å². The number of rotatable bonds is 3. The summed E-state index contributed by atoms with van der Waals surface area (Å²) in [6.45, 7) is 1.77. The predicted octanol–water partition coefficient (Wildman–Crippen LogP) is 0.691. The summed E-state index contributed by atoms with van der Waals surface area (Å²) in [4.78, 5) is 10.9. The molecule has 1 fully saturated rings. The van der Waals surface area contributed by atoms with Gasteiger partial charge in [-0.15, -0.1) is 0 Å². The lowest BCUT2D eigenvalue weighted by molar-refractivity contribution is -0.139. The number of aryl methyl sites for hydroxylation is 1. The van der Waals surface area contributed by atoms with Crippen molar-refractivity contribution >= 4 is 5.97 Å². The van der Waals surface area contributed by atoms with E-state index in [2.05, 4.69) is 15.4 Å². The summed E-state index contributed by atoms with van der Waals surface area (Å²) < 4.78 is 0. The second kappa shape index (κ2) is 2.83. The maximum atomic E-state index is 10.9. The Kier molecular flexibility index (Phi) is 1.79. The molecule has 0 aromatic carbocycles. The van der Waals surface area contributed by atoms with Crippen LogP contribution < -0.4 is 0 Å². The average Bonchev–Trinajstić information content (AvgIpc) is 2.78. The van der Waals surface area contributed by atoms with Gasteiger partial charge in [0.25, 0.3) is 0 Å². The first kappa shape index (κ1) is 8.22. The Labute approximate surface area is 75.2 Å². The number of H-pyrrole nitrogens is 1. The Morgan fingerprint density at radius 1 is 1.62 bits per heavy atom. The average molecular weight is 181 g/mol. The highest BCUT2D eigenvalue weighted by molar-refractivity contribution is 5.76. The van der Waals surface area contributed by atoms with E-state index in [0.29, 0.717) is 11.4 Å². The van der Waals surface area contributed by atoms with Gasteiger partial charge in [0.1, 0.15) is 5.92 Å². The van der Waals surface area contributed by atoms with Crippen LogP contribution in [0, 0.1) is 12.8 Å². The Morgan fingerprint density at radius 3 is 2.69 bits per heavy atom. The predicted molar refractivity (Wildman–Crippen MR) is 44.2 cm³/mol. The summed E-state index contributed by atoms with van der Waals surface area (Å²) in [5.41, 5.74) is 1.29. The van der Waals surface area contributed by atoms with Gasteiger partial charge in [0.15, 0.2) is 0 Å². The van der Waals surface area contributed by atoms with E-state index in [1.54, 1.807) is 6.92 Å². The van der Waals surface area contributed by atoms with E-state index in [9.17, 15) is 4.79 Å². The fraction of sp³-hybridized carbons (Fsp3) is 0.625. The van der Waals surface area contributed by atoms with Crippen molar-refractivity contribution in [1.82, 2.24) is 15.4 Å². The molecule has 0 aliphatic heterocycles. The van der Waals surface area contributed by atoms with Gasteiger partial charge in [0.2, 0.25) is 0 Å². The van der Waals surface area contributed by atoms with Gasteiger partial charge in [-0.05, 0) is 25.7 Å². The molecule has 1 aromatic rings. The van der Waals surface area contributed by atoms with Crippen molar-refractivity contribution in [3.63, 3.8) is 0 Å². The van der Waals surface area contributed by atoms with Crippen molar-refractivity contribution in [1.29, 1.82) is 0 Å². The summed E-state index contributed by atoms with van der Waals surface area (Å²) in [6.07, 6.45) is 1.98. The molecule has 13 heavy (non-hydrogen) atoms. The van der Waals surface area contributed by atoms with E-state index >= 15 is 0 Å². The van der Waals surface area contributed by atoms with Gasteiger partial charge in [0.05, 0.1) is 11.4 Å². The zero-order valence-electron chi connectivity index (χ0n) is 7.32. The fourth-order valence-electron chi connectivity index (χ4n) is 1.56. The maximum Gasteiger partial charge on any atom is 0.313 e. The van der Waals surface area contributed by atoms with E-state index in [0.717, 1.165) is 12.8 Å². The minimum absolute atomic E-state index is 0.265. The standard InChI is InChI=1S/C8H11N3O2/c1-4-7(10-11-9-4)6(8(12)13)5-2-3-5/h5-6H,2-3H2,1H3,(H,12,13)(H,9,10,11). The molecule has 0 spiro atoms. The second-order valence-electron chi connectivity index (χ2n) is 3.45. The van der Waals surface area contributed by atoms with Gasteiger partial charge in [-0.1, -0.05) is 0 Å². The number of hydrogen-bond donors (Lipinski definition) is 2. The third kappa shape index (κ3) is 1.41. The summed E-state index contributed by atoms with van der Waals surface area (Å²) in [7, 11) is 0. The largest absolute Gasteiger partial charge is 0.481 e. The molecule has 2 N–H and O–H groups in total. The Hall–Kier alpha value is -1.39. The van der Waals surface area contributed by atoms with Crippen LogP contribution in [0.25, 0.3) is 0 Å². The molecule has 1 aliphatic carbocycles. The van der Waals surface area contributed by atoms with Crippen molar-refractivity contribution in [3.8, 4) is 0 Å². The molecule has 1 heterocycles. The van der Waals surface area contributed by atoms with Crippen LogP contribution in [0.2, 0.25) is 0 Å². The van der Waals surface area contributed by atoms with Crippen LogP contribution in [-0.2, 0) is 4.79 Å². The first-order valence-electron chi connectivity index (χ1n) is 4.30. The lowest BCUT2D eigenvalue weighted by Crippen LogP contribution is -2.15. The summed E-state index contributed by atoms with van der Waals surface area (Å²) in [6, 6.07) is 0. The van der Waals surface area contributed by atoms with Crippen LogP contribution in [0.3, 0.4) is 0 Å². The number of carboxylic acid groups (broad SMARTS) is 1. The van der Waals surface area contributed by atoms with Crippen LogP contribution in [0.15, 0.2) is 0 Å². The summed E-state index contributed by atoms with van der Waals surface area (Å²) >= 11 is 0. The molecule has 1 atom stereocenters. The highest BCUT2D eigenvalue weighted by Gasteiger charge is 2.39. The Morgan fingerprint density at radius 2 is 2.31 bits per heavy atom. The first-order chi connectivity index (χ1) is 6.20. The number of hydrogen-bond acceptors (Lipinski definition) is 3. The van der Waals surface area contributed by atoms with E-state index in [-0.39, 0.29) is 5.92 Å². The van der Waals surface area contributed by atoms with Gasteiger partial charge in [0, 0.05) is 0 Å². The van der Waals surface area contributed by atoms with Crippen LogP contribution in [-0.4, -0.2) is 26.5 Å². The molecule has 2 rings (SSSR count). The van der Waals surface area contributed by atoms with Crippen LogP contribution in [0.5, 0.6) is 0 Å². The van der Waals surface area contributed by atoms with Gasteiger partial charge in [-0.3, -0.25) is 4.79 Å². The van der Waals surface area contributed by atoms with Gasteiger partial charge in [-0.2, -0.15) is 15.4 Å². The third-order valence-corrected chi connectivity index (χ3v) is 2.41. The number of carboxylic acids is 1. The minimum atomic E-state index is -0.792. The summed E-state index contributed by atoms with van der Waals surface area (Å²) in [5, 5.41) is 19.2. The molecule has 0 amide bonds. The molecular formula is C8H11N3O2. The lowest BCUT2D eigenvalue weighted by atomic mass is 9.99. The van der Waals surface area contributed by atoms with Crippen molar-refractivity contribution in [2.24, 2.45) is 5.92 Å². The zero-order chi connectivity index (χ0) is 9.42. The molecule has 5 nitrogen and oxygen atoms in total. The number of carbonyl (C=O) groups is 1. The summed E-state index contributed by atoms with van der Waals surface area (Å²) in [5.74, 6) is -0.987. The first-order valence-corrected chi connectivity index (χ1v) is 4.30. The smallest absolute Gasteiger partial charge is 0.313 e. The van der Waals surface area contributed by atoms with Crippen LogP contribution in [0.1, 0.15) is 30.1 Å². The number of aliphatic carboxylic acids is 1. The Balaban J connectivity index is 2.30. The van der Waals surface area contributed by atoms with Gasteiger partial charge < -0.3 is 5.11 Å². The molecule has 0 radical (unpaired) electrons. The number of nitrogens with one attached hydrogen (secondary N) is 1. The topological polar surface area (TPSA) is 78.9 Å². The molecule has 1 aliphatic rings. The second-order valence-corrected chi connectivity index (χ2v) is 3.45. The number of aromatic amines is 1. The zero-order valence-corrected chi connectivity index (χ0v) is 7.32. The van der Waals surface area contributed by atoms with Crippen molar-refractivity contribution < 1.29 is 9.90 Å². The SMILES string of the molecule is Cc1n[nH]nc1C(C(=O)O)C1CC1. The maximum absolute atomic E-state index is 10.9. The van der Waals surface area contributed by atoms with Gasteiger partial charge in [-0.25, -0.2) is 0 Å². The molecule has 5 heteroatoms. The molecular weight excluding hydrogens is 170 g/mol. The van der Waals surface area contributed by atoms with E-state index < -0.39 is 11.9 Å². The van der Waals surface area contributed by atoms with E-state index in [4.69, 9.17) is 5.11 Å². The molecule has 1 aromatic heterocycles. The highest BCUT2D eigenvalue weighted by Crippen LogP contribution is 2.42. The monoisotopic (exact) mass is 181 g/mol. The number of aromatic nitrogens is 3. The Bertz CT molecular complexity index is 330. The minimum Gasteiger partial charge on any atom is -0.481 e. The van der Waals surface area contributed by atoms with Crippen LogP contribution in [0.4, 0.5) is 0 Å². The molecule has 1 unspecified atom stereocenters. The fourth-order valence-corrected chi connectivity index (χ4v) is 1.56. The third-order valence-electron chi connectivity index (χ3n) is 2.41. The molecule has 70 valence electrons. The van der Waals surface area contributed by atoms with Gasteiger partial charge >= 0.3 is 5.97 Å².